The predicted molar refractivity (Wildman–Crippen MR) is 86.2 cm³/mol. The maximum Gasteiger partial charge on any atom is 0.248 e. The average molecular weight is 289 g/mol. The van der Waals surface area contributed by atoms with Gasteiger partial charge >= 0.3 is 0 Å². The second kappa shape index (κ2) is 7.57. The minimum Gasteiger partial charge on any atom is -0.366 e. The molecule has 4 heteroatoms. The first-order valence-corrected chi connectivity index (χ1v) is 7.92. The van der Waals surface area contributed by atoms with E-state index in [0.717, 1.165) is 44.2 Å². The van der Waals surface area contributed by atoms with E-state index in [4.69, 9.17) is 5.73 Å². The number of hydrogen-bond donors (Lipinski definition) is 2. The van der Waals surface area contributed by atoms with E-state index in [1.165, 1.54) is 18.4 Å². The van der Waals surface area contributed by atoms with E-state index >= 15 is 0 Å². The summed E-state index contributed by atoms with van der Waals surface area (Å²) in [6, 6.07) is 5.77. The summed E-state index contributed by atoms with van der Waals surface area (Å²) in [5.41, 5.74) is 8.35. The molecule has 1 saturated heterocycles. The van der Waals surface area contributed by atoms with E-state index in [9.17, 15) is 4.79 Å². The molecule has 1 aliphatic rings. The molecule has 3 N–H and O–H groups in total. The van der Waals surface area contributed by atoms with E-state index in [-0.39, 0.29) is 5.91 Å². The van der Waals surface area contributed by atoms with Crippen molar-refractivity contribution < 1.29 is 4.79 Å². The standard InChI is InChI=1S/C17H27N3O/c1-3-20(11-14-5-4-8-19-10-14)12-16-7-6-15(17(18)21)9-13(16)2/h6-7,9,14,19H,3-5,8,10-12H2,1-2H3,(H2,18,21). The first-order valence-electron chi connectivity index (χ1n) is 7.92. The van der Waals surface area contributed by atoms with Crippen LogP contribution in [0.1, 0.15) is 41.3 Å². The zero-order chi connectivity index (χ0) is 15.2. The highest BCUT2D eigenvalue weighted by molar-refractivity contribution is 5.93. The fourth-order valence-electron chi connectivity index (χ4n) is 3.02. The summed E-state index contributed by atoms with van der Waals surface area (Å²) < 4.78 is 0. The van der Waals surface area contributed by atoms with Crippen LogP contribution in [0.2, 0.25) is 0 Å². The van der Waals surface area contributed by atoms with Crippen LogP contribution in [-0.2, 0) is 6.54 Å². The molecule has 0 spiro atoms. The summed E-state index contributed by atoms with van der Waals surface area (Å²) in [4.78, 5) is 13.7. The molecule has 1 atom stereocenters. The highest BCUT2D eigenvalue weighted by Crippen LogP contribution is 2.17. The number of rotatable bonds is 6. The number of carbonyl (C=O) groups excluding carboxylic acids is 1. The maximum absolute atomic E-state index is 11.2. The molecule has 2 rings (SSSR count). The van der Waals surface area contributed by atoms with Gasteiger partial charge in [-0.2, -0.15) is 0 Å². The van der Waals surface area contributed by atoms with Crippen molar-refractivity contribution in [2.24, 2.45) is 11.7 Å². The quantitative estimate of drug-likeness (QED) is 0.841. The van der Waals surface area contributed by atoms with Gasteiger partial charge in [-0.05, 0) is 68.6 Å². The summed E-state index contributed by atoms with van der Waals surface area (Å²) >= 11 is 0. The van der Waals surface area contributed by atoms with Crippen LogP contribution in [0.15, 0.2) is 18.2 Å². The van der Waals surface area contributed by atoms with Crippen molar-refractivity contribution in [2.75, 3.05) is 26.2 Å². The molecular formula is C17H27N3O. The van der Waals surface area contributed by atoms with E-state index in [0.29, 0.717) is 5.56 Å². The van der Waals surface area contributed by atoms with Crippen LogP contribution < -0.4 is 11.1 Å². The van der Waals surface area contributed by atoms with Crippen molar-refractivity contribution in [3.63, 3.8) is 0 Å². The zero-order valence-corrected chi connectivity index (χ0v) is 13.2. The number of aryl methyl sites for hydroxylation is 1. The summed E-state index contributed by atoms with van der Waals surface area (Å²) in [6.45, 7) is 9.69. The lowest BCUT2D eigenvalue weighted by atomic mass is 9.98. The fraction of sp³-hybridized carbons (Fsp3) is 0.588. The maximum atomic E-state index is 11.2. The minimum atomic E-state index is -0.356. The lowest BCUT2D eigenvalue weighted by Crippen LogP contribution is -2.38. The van der Waals surface area contributed by atoms with Crippen LogP contribution >= 0.6 is 0 Å². The lowest BCUT2D eigenvalue weighted by molar-refractivity contribution is 0.1000. The molecule has 1 amide bonds. The zero-order valence-electron chi connectivity index (χ0n) is 13.2. The number of primary amides is 1. The Kier molecular flexibility index (Phi) is 5.76. The van der Waals surface area contributed by atoms with Crippen molar-refractivity contribution in [3.8, 4) is 0 Å². The number of nitrogens with zero attached hydrogens (tertiary/aromatic N) is 1. The van der Waals surface area contributed by atoms with Gasteiger partial charge in [0.1, 0.15) is 0 Å². The molecule has 1 aromatic rings. The Morgan fingerprint density at radius 1 is 1.48 bits per heavy atom. The summed E-state index contributed by atoms with van der Waals surface area (Å²) in [5.74, 6) is 0.397. The van der Waals surface area contributed by atoms with Crippen molar-refractivity contribution in [1.29, 1.82) is 0 Å². The third kappa shape index (κ3) is 4.55. The lowest BCUT2D eigenvalue weighted by Gasteiger charge is -2.29. The van der Waals surface area contributed by atoms with Gasteiger partial charge in [-0.15, -0.1) is 0 Å². The number of amides is 1. The minimum absolute atomic E-state index is 0.356. The van der Waals surface area contributed by atoms with Crippen molar-refractivity contribution in [2.45, 2.75) is 33.2 Å². The normalized spacial score (nSPS) is 18.9. The number of hydrogen-bond acceptors (Lipinski definition) is 3. The molecule has 116 valence electrons. The first kappa shape index (κ1) is 16.0. The van der Waals surface area contributed by atoms with Crippen molar-refractivity contribution in [1.82, 2.24) is 10.2 Å². The van der Waals surface area contributed by atoms with Crippen LogP contribution in [-0.4, -0.2) is 37.0 Å². The predicted octanol–water partition coefficient (Wildman–Crippen LogP) is 1.92. The molecule has 1 aromatic carbocycles. The number of nitrogens with one attached hydrogen (secondary N) is 1. The van der Waals surface area contributed by atoms with Gasteiger partial charge in [0.05, 0.1) is 0 Å². The van der Waals surface area contributed by atoms with Crippen LogP contribution in [0.25, 0.3) is 0 Å². The monoisotopic (exact) mass is 289 g/mol. The average Bonchev–Trinajstić information content (AvgIpc) is 2.49. The summed E-state index contributed by atoms with van der Waals surface area (Å²) in [6.07, 6.45) is 2.61. The molecule has 0 aliphatic carbocycles. The largest absolute Gasteiger partial charge is 0.366 e. The molecular weight excluding hydrogens is 262 g/mol. The summed E-state index contributed by atoms with van der Waals surface area (Å²) in [5, 5.41) is 3.48. The Labute approximate surface area is 127 Å². The third-order valence-electron chi connectivity index (χ3n) is 4.38. The van der Waals surface area contributed by atoms with E-state index in [1.807, 2.05) is 18.2 Å². The number of piperidine rings is 1. The van der Waals surface area contributed by atoms with Crippen molar-refractivity contribution >= 4 is 5.91 Å². The Hall–Kier alpha value is -1.39. The first-order chi connectivity index (χ1) is 10.1. The molecule has 0 bridgehead atoms. The molecule has 0 aromatic heterocycles. The number of nitrogens with two attached hydrogens (primary N) is 1. The number of benzene rings is 1. The van der Waals surface area contributed by atoms with E-state index < -0.39 is 0 Å². The molecule has 4 nitrogen and oxygen atoms in total. The third-order valence-corrected chi connectivity index (χ3v) is 4.38. The van der Waals surface area contributed by atoms with Gasteiger partial charge in [0.15, 0.2) is 0 Å². The second-order valence-corrected chi connectivity index (χ2v) is 6.05. The van der Waals surface area contributed by atoms with Gasteiger partial charge in [0, 0.05) is 18.7 Å². The molecule has 1 fully saturated rings. The Morgan fingerprint density at radius 2 is 2.29 bits per heavy atom. The SMILES string of the molecule is CCN(Cc1ccc(C(N)=O)cc1C)CC1CCCNC1. The molecule has 21 heavy (non-hydrogen) atoms. The van der Waals surface area contributed by atoms with Gasteiger partial charge in [-0.1, -0.05) is 13.0 Å². The van der Waals surface area contributed by atoms with Crippen LogP contribution in [0.4, 0.5) is 0 Å². The van der Waals surface area contributed by atoms with Gasteiger partial charge in [0.25, 0.3) is 0 Å². The Bertz CT molecular complexity index is 481. The molecule has 0 saturated carbocycles. The second-order valence-electron chi connectivity index (χ2n) is 6.05. The van der Waals surface area contributed by atoms with Crippen LogP contribution in [0, 0.1) is 12.8 Å². The molecule has 0 radical (unpaired) electrons. The van der Waals surface area contributed by atoms with Gasteiger partial charge in [0.2, 0.25) is 5.91 Å². The van der Waals surface area contributed by atoms with Crippen LogP contribution in [0.3, 0.4) is 0 Å². The van der Waals surface area contributed by atoms with E-state index in [2.05, 4.69) is 24.1 Å². The van der Waals surface area contributed by atoms with E-state index in [1.54, 1.807) is 0 Å². The number of carbonyl (C=O) groups is 1. The fourth-order valence-corrected chi connectivity index (χ4v) is 3.02. The highest BCUT2D eigenvalue weighted by Gasteiger charge is 2.17. The van der Waals surface area contributed by atoms with Gasteiger partial charge in [-0.3, -0.25) is 9.69 Å². The molecule has 1 heterocycles. The van der Waals surface area contributed by atoms with Gasteiger partial charge in [-0.25, -0.2) is 0 Å². The molecule has 1 aliphatic heterocycles. The smallest absolute Gasteiger partial charge is 0.248 e. The highest BCUT2D eigenvalue weighted by atomic mass is 16.1. The Balaban J connectivity index is 1.99. The Morgan fingerprint density at radius 3 is 2.86 bits per heavy atom. The summed E-state index contributed by atoms with van der Waals surface area (Å²) in [7, 11) is 0. The van der Waals surface area contributed by atoms with Crippen molar-refractivity contribution in [3.05, 3.63) is 34.9 Å². The molecule has 1 unspecified atom stereocenters. The van der Waals surface area contributed by atoms with Crippen LogP contribution in [0.5, 0.6) is 0 Å². The van der Waals surface area contributed by atoms with Gasteiger partial charge < -0.3 is 11.1 Å². The topological polar surface area (TPSA) is 58.4 Å².